The zero-order valence-electron chi connectivity index (χ0n) is 10.5. The van der Waals surface area contributed by atoms with Gasteiger partial charge >= 0.3 is 0 Å². The summed E-state index contributed by atoms with van der Waals surface area (Å²) in [5, 5.41) is 12.1. The van der Waals surface area contributed by atoms with Crippen molar-refractivity contribution in [1.29, 1.82) is 0 Å². The third kappa shape index (κ3) is 3.67. The summed E-state index contributed by atoms with van der Waals surface area (Å²) in [5.74, 6) is -0.0475. The molecule has 0 aromatic carbocycles. The normalized spacial score (nSPS) is 22.4. The van der Waals surface area contributed by atoms with E-state index in [-0.39, 0.29) is 36.6 Å². The smallest absolute Gasteiger partial charge is 0.251 e. The first kappa shape index (κ1) is 14.3. The first-order valence-corrected chi connectivity index (χ1v) is 7.15. The van der Waals surface area contributed by atoms with Crippen LogP contribution in [0.5, 0.6) is 0 Å². The van der Waals surface area contributed by atoms with Crippen LogP contribution in [-0.2, 0) is 11.3 Å². The molecule has 1 aliphatic carbocycles. The van der Waals surface area contributed by atoms with Crippen LogP contribution in [0.1, 0.15) is 19.3 Å². The fourth-order valence-corrected chi connectivity index (χ4v) is 2.86. The lowest BCUT2D eigenvalue weighted by Crippen LogP contribution is -2.41. The summed E-state index contributed by atoms with van der Waals surface area (Å²) in [6.45, 7) is 0.106. The second-order valence-electron chi connectivity index (χ2n) is 4.86. The third-order valence-corrected chi connectivity index (χ3v) is 3.97. The minimum Gasteiger partial charge on any atom is -0.396 e. The molecule has 104 valence electrons. The van der Waals surface area contributed by atoms with Crippen LogP contribution in [0, 0.1) is 5.92 Å². The molecule has 19 heavy (non-hydrogen) atoms. The summed E-state index contributed by atoms with van der Waals surface area (Å²) in [6.07, 6.45) is 4.45. The van der Waals surface area contributed by atoms with Gasteiger partial charge in [-0.3, -0.25) is 9.59 Å². The Bertz CT molecular complexity index is 515. The largest absolute Gasteiger partial charge is 0.396 e. The van der Waals surface area contributed by atoms with E-state index in [0.717, 1.165) is 23.7 Å². The molecule has 1 amide bonds. The molecule has 1 aliphatic rings. The highest BCUT2D eigenvalue weighted by Gasteiger charge is 2.27. The van der Waals surface area contributed by atoms with E-state index in [1.807, 2.05) is 0 Å². The van der Waals surface area contributed by atoms with Gasteiger partial charge in [0.2, 0.25) is 5.91 Å². The van der Waals surface area contributed by atoms with E-state index in [4.69, 9.17) is 0 Å². The average Bonchev–Trinajstić information content (AvgIpc) is 2.81. The molecule has 2 rings (SSSR count). The number of carbonyl (C=O) groups excluding carboxylic acids is 1. The maximum atomic E-state index is 11.9. The lowest BCUT2D eigenvalue weighted by molar-refractivity contribution is -0.122. The van der Waals surface area contributed by atoms with Crippen LogP contribution in [0.4, 0.5) is 0 Å². The van der Waals surface area contributed by atoms with E-state index >= 15 is 0 Å². The first-order chi connectivity index (χ1) is 9.10. The summed E-state index contributed by atoms with van der Waals surface area (Å²) in [6, 6.07) is 3.10. The summed E-state index contributed by atoms with van der Waals surface area (Å²) in [4.78, 5) is 23.5. The van der Waals surface area contributed by atoms with Gasteiger partial charge in [-0.05, 0) is 34.8 Å². The van der Waals surface area contributed by atoms with Crippen LogP contribution in [0.25, 0.3) is 0 Å². The number of nitrogens with zero attached hydrogens (tertiary/aromatic N) is 1. The highest BCUT2D eigenvalue weighted by Crippen LogP contribution is 2.24. The van der Waals surface area contributed by atoms with Crippen molar-refractivity contribution in [3.05, 3.63) is 33.2 Å². The first-order valence-electron chi connectivity index (χ1n) is 6.36. The molecule has 1 saturated carbocycles. The Morgan fingerprint density at radius 3 is 3.00 bits per heavy atom. The number of halogens is 1. The molecule has 0 spiro atoms. The molecule has 1 fully saturated rings. The minimum atomic E-state index is -0.205. The van der Waals surface area contributed by atoms with Gasteiger partial charge in [-0.15, -0.1) is 0 Å². The number of amides is 1. The quantitative estimate of drug-likeness (QED) is 0.862. The van der Waals surface area contributed by atoms with E-state index in [1.54, 1.807) is 12.3 Å². The van der Waals surface area contributed by atoms with Crippen molar-refractivity contribution in [3.63, 3.8) is 0 Å². The lowest BCUT2D eigenvalue weighted by Gasteiger charge is -2.19. The Labute approximate surface area is 119 Å². The maximum Gasteiger partial charge on any atom is 0.251 e. The molecule has 1 aromatic rings. The van der Waals surface area contributed by atoms with E-state index in [1.165, 1.54) is 10.6 Å². The van der Waals surface area contributed by atoms with Gasteiger partial charge in [-0.1, -0.05) is 6.42 Å². The molecule has 0 aliphatic heterocycles. The van der Waals surface area contributed by atoms with Crippen molar-refractivity contribution in [1.82, 2.24) is 9.88 Å². The van der Waals surface area contributed by atoms with Crippen molar-refractivity contribution in [2.75, 3.05) is 6.61 Å². The molecule has 1 heterocycles. The summed E-state index contributed by atoms with van der Waals surface area (Å²) in [7, 11) is 0. The Balaban J connectivity index is 1.97. The number of carbonyl (C=O) groups is 1. The fraction of sp³-hybridized carbons (Fsp3) is 0.538. The van der Waals surface area contributed by atoms with Crippen molar-refractivity contribution in [3.8, 4) is 0 Å². The van der Waals surface area contributed by atoms with Crippen molar-refractivity contribution >= 4 is 21.8 Å². The highest BCUT2D eigenvalue weighted by molar-refractivity contribution is 9.10. The highest BCUT2D eigenvalue weighted by atomic mass is 79.9. The van der Waals surface area contributed by atoms with Gasteiger partial charge in [0.05, 0.1) is 0 Å². The SMILES string of the molecule is O=C(Cn1cc(Br)ccc1=O)NC1CCCC1CO. The molecule has 2 unspecified atom stereocenters. The van der Waals surface area contributed by atoms with Crippen molar-refractivity contribution in [2.45, 2.75) is 31.8 Å². The van der Waals surface area contributed by atoms with Gasteiger partial charge in [-0.25, -0.2) is 0 Å². The zero-order chi connectivity index (χ0) is 13.8. The second kappa shape index (κ2) is 6.34. The van der Waals surface area contributed by atoms with E-state index in [0.29, 0.717) is 0 Å². The number of aliphatic hydroxyl groups excluding tert-OH is 1. The number of pyridine rings is 1. The predicted octanol–water partition coefficient (Wildman–Crippen LogP) is 0.888. The minimum absolute atomic E-state index is 0.00687. The van der Waals surface area contributed by atoms with E-state index in [9.17, 15) is 14.7 Å². The molecule has 2 N–H and O–H groups in total. The standard InChI is InChI=1S/C13H17BrN2O3/c14-10-4-5-13(19)16(6-10)7-12(18)15-11-3-1-2-9(11)8-17/h4-6,9,11,17H,1-3,7-8H2,(H,15,18). The number of hydrogen-bond donors (Lipinski definition) is 2. The van der Waals surface area contributed by atoms with Crippen LogP contribution in [-0.4, -0.2) is 28.2 Å². The van der Waals surface area contributed by atoms with E-state index in [2.05, 4.69) is 21.2 Å². The van der Waals surface area contributed by atoms with Gasteiger partial charge in [0.1, 0.15) is 6.54 Å². The number of nitrogens with one attached hydrogen (secondary N) is 1. The Morgan fingerprint density at radius 1 is 1.47 bits per heavy atom. The zero-order valence-corrected chi connectivity index (χ0v) is 12.1. The molecular formula is C13H17BrN2O3. The van der Waals surface area contributed by atoms with E-state index < -0.39 is 0 Å². The van der Waals surface area contributed by atoms with Gasteiger partial charge in [0.25, 0.3) is 5.56 Å². The number of aliphatic hydroxyl groups is 1. The number of rotatable bonds is 4. The Hall–Kier alpha value is -1.14. The summed E-state index contributed by atoms with van der Waals surface area (Å²) >= 11 is 3.27. The fourth-order valence-electron chi connectivity index (χ4n) is 2.48. The topological polar surface area (TPSA) is 71.3 Å². The summed E-state index contributed by atoms with van der Waals surface area (Å²) in [5.41, 5.74) is -0.205. The molecule has 5 nitrogen and oxygen atoms in total. The van der Waals surface area contributed by atoms with Crippen LogP contribution < -0.4 is 10.9 Å². The molecule has 1 aromatic heterocycles. The van der Waals surface area contributed by atoms with Crippen LogP contribution in [0.15, 0.2) is 27.6 Å². The number of aromatic nitrogens is 1. The van der Waals surface area contributed by atoms with Crippen LogP contribution >= 0.6 is 15.9 Å². The van der Waals surface area contributed by atoms with Crippen LogP contribution in [0.2, 0.25) is 0 Å². The van der Waals surface area contributed by atoms with Crippen molar-refractivity contribution in [2.24, 2.45) is 5.92 Å². The maximum absolute atomic E-state index is 11.9. The molecule has 0 radical (unpaired) electrons. The second-order valence-corrected chi connectivity index (χ2v) is 5.78. The third-order valence-electron chi connectivity index (χ3n) is 3.50. The van der Waals surface area contributed by atoms with Crippen LogP contribution in [0.3, 0.4) is 0 Å². The average molecular weight is 329 g/mol. The van der Waals surface area contributed by atoms with Gasteiger partial charge in [0.15, 0.2) is 0 Å². The van der Waals surface area contributed by atoms with Gasteiger partial charge in [-0.2, -0.15) is 0 Å². The van der Waals surface area contributed by atoms with Crippen molar-refractivity contribution < 1.29 is 9.90 Å². The molecule has 6 heteroatoms. The lowest BCUT2D eigenvalue weighted by atomic mass is 10.1. The predicted molar refractivity (Wildman–Crippen MR) is 74.8 cm³/mol. The van der Waals surface area contributed by atoms with Gasteiger partial charge < -0.3 is 15.0 Å². The monoisotopic (exact) mass is 328 g/mol. The molecule has 0 bridgehead atoms. The summed E-state index contributed by atoms with van der Waals surface area (Å²) < 4.78 is 2.12. The van der Waals surface area contributed by atoms with Gasteiger partial charge in [0, 0.05) is 35.3 Å². The molecular weight excluding hydrogens is 312 g/mol. The molecule has 2 atom stereocenters. The molecule has 0 saturated heterocycles. The Kier molecular flexibility index (Phi) is 4.76. The Morgan fingerprint density at radius 2 is 2.26 bits per heavy atom. The number of hydrogen-bond acceptors (Lipinski definition) is 3.